The Kier molecular flexibility index (Phi) is 4.69. The van der Waals surface area contributed by atoms with Crippen LogP contribution in [0.5, 0.6) is 5.75 Å². The molecule has 2 nitrogen and oxygen atoms in total. The van der Waals surface area contributed by atoms with Crippen LogP contribution in [-0.4, -0.2) is 7.11 Å². The number of hydrogen-bond donors (Lipinski definition) is 1. The number of hydrogen-bond acceptors (Lipinski definition) is 2. The largest absolute Gasteiger partial charge is 0.496 e. The van der Waals surface area contributed by atoms with Crippen LogP contribution in [-0.2, 0) is 6.42 Å². The number of aryl methyl sites for hydroxylation is 2. The van der Waals surface area contributed by atoms with Gasteiger partial charge < -0.3 is 10.5 Å². The van der Waals surface area contributed by atoms with Crippen LogP contribution >= 0.6 is 11.6 Å². The van der Waals surface area contributed by atoms with E-state index in [-0.39, 0.29) is 6.04 Å². The molecule has 0 heterocycles. The molecular formula is C17H20ClNO. The number of ether oxygens (including phenoxy) is 1. The molecule has 2 N–H and O–H groups in total. The summed E-state index contributed by atoms with van der Waals surface area (Å²) in [5.74, 6) is 0.879. The zero-order valence-electron chi connectivity index (χ0n) is 12.1. The number of halogens is 1. The van der Waals surface area contributed by atoms with Gasteiger partial charge in [-0.3, -0.25) is 0 Å². The van der Waals surface area contributed by atoms with E-state index in [1.54, 1.807) is 7.11 Å². The van der Waals surface area contributed by atoms with Crippen molar-refractivity contribution in [1.29, 1.82) is 0 Å². The summed E-state index contributed by atoms with van der Waals surface area (Å²) in [6.07, 6.45) is 0.727. The quantitative estimate of drug-likeness (QED) is 0.915. The standard InChI is InChI=1S/C17H20ClNO/c1-11-4-5-17(20-3)14(6-11)10-16(19)13-7-12(2)8-15(18)9-13/h4-9,16H,10,19H2,1-3H3. The van der Waals surface area contributed by atoms with Crippen molar-refractivity contribution in [2.45, 2.75) is 26.3 Å². The maximum atomic E-state index is 6.32. The molecule has 0 aliphatic heterocycles. The summed E-state index contributed by atoms with van der Waals surface area (Å²) in [6.45, 7) is 4.09. The van der Waals surface area contributed by atoms with Crippen molar-refractivity contribution in [2.24, 2.45) is 5.73 Å². The minimum absolute atomic E-state index is 0.0944. The minimum atomic E-state index is -0.0944. The minimum Gasteiger partial charge on any atom is -0.496 e. The van der Waals surface area contributed by atoms with Crippen molar-refractivity contribution in [2.75, 3.05) is 7.11 Å². The normalized spacial score (nSPS) is 12.2. The lowest BCUT2D eigenvalue weighted by molar-refractivity contribution is 0.408. The first-order chi connectivity index (χ1) is 9.49. The molecule has 0 radical (unpaired) electrons. The van der Waals surface area contributed by atoms with E-state index < -0.39 is 0 Å². The number of methoxy groups -OCH3 is 1. The molecule has 20 heavy (non-hydrogen) atoms. The molecular weight excluding hydrogens is 270 g/mol. The summed E-state index contributed by atoms with van der Waals surface area (Å²) in [6, 6.07) is 12.0. The van der Waals surface area contributed by atoms with E-state index in [1.165, 1.54) is 5.56 Å². The zero-order valence-corrected chi connectivity index (χ0v) is 12.9. The van der Waals surface area contributed by atoms with Crippen molar-refractivity contribution < 1.29 is 4.74 Å². The first kappa shape index (κ1) is 14.9. The van der Waals surface area contributed by atoms with Crippen LogP contribution in [0.3, 0.4) is 0 Å². The van der Waals surface area contributed by atoms with Gasteiger partial charge in [-0.25, -0.2) is 0 Å². The molecule has 2 aromatic rings. The van der Waals surface area contributed by atoms with Gasteiger partial charge in [0.05, 0.1) is 7.11 Å². The van der Waals surface area contributed by atoms with Crippen molar-refractivity contribution >= 4 is 11.6 Å². The van der Waals surface area contributed by atoms with Crippen molar-refractivity contribution in [3.63, 3.8) is 0 Å². The second-order valence-electron chi connectivity index (χ2n) is 5.19. The lowest BCUT2D eigenvalue weighted by Crippen LogP contribution is -2.14. The highest BCUT2D eigenvalue weighted by Crippen LogP contribution is 2.26. The molecule has 3 heteroatoms. The first-order valence-electron chi connectivity index (χ1n) is 6.66. The van der Waals surface area contributed by atoms with E-state index in [4.69, 9.17) is 22.1 Å². The predicted octanol–water partition coefficient (Wildman–Crippen LogP) is 4.21. The summed E-state index contributed by atoms with van der Waals surface area (Å²) in [7, 11) is 1.68. The van der Waals surface area contributed by atoms with Gasteiger partial charge in [-0.15, -0.1) is 0 Å². The van der Waals surface area contributed by atoms with Crippen LogP contribution in [0.1, 0.15) is 28.3 Å². The molecule has 0 aromatic heterocycles. The van der Waals surface area contributed by atoms with E-state index in [9.17, 15) is 0 Å². The van der Waals surface area contributed by atoms with Gasteiger partial charge in [-0.2, -0.15) is 0 Å². The molecule has 0 spiro atoms. The fourth-order valence-corrected chi connectivity index (χ4v) is 2.70. The van der Waals surface area contributed by atoms with Gasteiger partial charge in [0.2, 0.25) is 0 Å². The Morgan fingerprint density at radius 3 is 2.50 bits per heavy atom. The van der Waals surface area contributed by atoms with Crippen LogP contribution in [0.4, 0.5) is 0 Å². The van der Waals surface area contributed by atoms with Gasteiger partial charge in [0, 0.05) is 11.1 Å². The van der Waals surface area contributed by atoms with Gasteiger partial charge in [0.1, 0.15) is 5.75 Å². The zero-order chi connectivity index (χ0) is 14.7. The monoisotopic (exact) mass is 289 g/mol. The Morgan fingerprint density at radius 2 is 1.85 bits per heavy atom. The molecule has 1 unspecified atom stereocenters. The summed E-state index contributed by atoms with van der Waals surface area (Å²) in [5, 5.41) is 0.728. The Labute approximate surface area is 125 Å². The second kappa shape index (κ2) is 6.29. The van der Waals surface area contributed by atoms with Gasteiger partial charge in [0.15, 0.2) is 0 Å². The van der Waals surface area contributed by atoms with Crippen LogP contribution < -0.4 is 10.5 Å². The van der Waals surface area contributed by atoms with Crippen LogP contribution in [0.2, 0.25) is 5.02 Å². The van der Waals surface area contributed by atoms with E-state index in [0.717, 1.165) is 33.9 Å². The third kappa shape index (κ3) is 3.53. The van der Waals surface area contributed by atoms with Crippen LogP contribution in [0.25, 0.3) is 0 Å². The second-order valence-corrected chi connectivity index (χ2v) is 5.62. The third-order valence-corrected chi connectivity index (χ3v) is 3.59. The SMILES string of the molecule is COc1ccc(C)cc1CC(N)c1cc(C)cc(Cl)c1. The van der Waals surface area contributed by atoms with Gasteiger partial charge in [-0.05, 0) is 55.2 Å². The highest BCUT2D eigenvalue weighted by molar-refractivity contribution is 6.30. The molecule has 0 saturated heterocycles. The number of rotatable bonds is 4. The Balaban J connectivity index is 2.27. The molecule has 0 aliphatic carbocycles. The molecule has 0 aliphatic rings. The van der Waals surface area contributed by atoms with Crippen molar-refractivity contribution in [3.05, 3.63) is 63.7 Å². The molecule has 0 amide bonds. The smallest absolute Gasteiger partial charge is 0.122 e. The maximum Gasteiger partial charge on any atom is 0.122 e. The molecule has 1 atom stereocenters. The molecule has 0 fully saturated rings. The van der Waals surface area contributed by atoms with Gasteiger partial charge in [0.25, 0.3) is 0 Å². The fraction of sp³-hybridized carbons (Fsp3) is 0.294. The molecule has 106 valence electrons. The highest BCUT2D eigenvalue weighted by Gasteiger charge is 2.12. The van der Waals surface area contributed by atoms with Gasteiger partial charge in [-0.1, -0.05) is 35.4 Å². The maximum absolute atomic E-state index is 6.32. The van der Waals surface area contributed by atoms with Gasteiger partial charge >= 0.3 is 0 Å². The molecule has 0 bridgehead atoms. The van der Waals surface area contributed by atoms with E-state index in [2.05, 4.69) is 19.1 Å². The summed E-state index contributed by atoms with van der Waals surface area (Å²) >= 11 is 6.10. The van der Waals surface area contributed by atoms with Crippen LogP contribution in [0, 0.1) is 13.8 Å². The Morgan fingerprint density at radius 1 is 1.10 bits per heavy atom. The summed E-state index contributed by atoms with van der Waals surface area (Å²) in [4.78, 5) is 0. The average Bonchev–Trinajstić information content (AvgIpc) is 2.37. The average molecular weight is 290 g/mol. The molecule has 0 saturated carbocycles. The van der Waals surface area contributed by atoms with E-state index >= 15 is 0 Å². The Hall–Kier alpha value is -1.51. The first-order valence-corrected chi connectivity index (χ1v) is 7.03. The van der Waals surface area contributed by atoms with Crippen molar-refractivity contribution in [3.8, 4) is 5.75 Å². The summed E-state index contributed by atoms with van der Waals surface area (Å²) < 4.78 is 5.40. The topological polar surface area (TPSA) is 35.2 Å². The van der Waals surface area contributed by atoms with E-state index in [1.807, 2.05) is 31.2 Å². The van der Waals surface area contributed by atoms with Crippen LogP contribution in [0.15, 0.2) is 36.4 Å². The summed E-state index contributed by atoms with van der Waals surface area (Å²) in [5.41, 5.74) is 10.8. The molecule has 2 aromatic carbocycles. The lowest BCUT2D eigenvalue weighted by Gasteiger charge is -2.16. The number of nitrogens with two attached hydrogens (primary N) is 1. The third-order valence-electron chi connectivity index (χ3n) is 3.37. The Bertz CT molecular complexity index is 590. The van der Waals surface area contributed by atoms with E-state index in [0.29, 0.717) is 0 Å². The molecule has 2 rings (SSSR count). The predicted molar refractivity (Wildman–Crippen MR) is 84.6 cm³/mol. The number of benzene rings is 2. The van der Waals surface area contributed by atoms with Crippen molar-refractivity contribution in [1.82, 2.24) is 0 Å². The lowest BCUT2D eigenvalue weighted by atomic mass is 9.97. The fourth-order valence-electron chi connectivity index (χ4n) is 2.40. The highest BCUT2D eigenvalue weighted by atomic mass is 35.5.